The third-order valence-electron chi connectivity index (χ3n) is 4.23. The number of aliphatic imine (C=N–C) groups is 1. The third-order valence-corrected chi connectivity index (χ3v) is 4.23. The van der Waals surface area contributed by atoms with Crippen molar-refractivity contribution in [2.24, 2.45) is 4.99 Å². The summed E-state index contributed by atoms with van der Waals surface area (Å²) in [7, 11) is 0. The van der Waals surface area contributed by atoms with E-state index in [-0.39, 0.29) is 23.7 Å². The van der Waals surface area contributed by atoms with Gasteiger partial charge in [0, 0.05) is 23.0 Å². The second kappa shape index (κ2) is 8.98. The van der Waals surface area contributed by atoms with Gasteiger partial charge in [-0.2, -0.15) is 0 Å². The molecule has 0 spiro atoms. The monoisotopic (exact) mass is 368 g/mol. The number of benzene rings is 2. The van der Waals surface area contributed by atoms with E-state index in [0.717, 1.165) is 11.4 Å². The van der Waals surface area contributed by atoms with Crippen LogP contribution in [0.3, 0.4) is 0 Å². The zero-order valence-electron chi connectivity index (χ0n) is 15.8. The summed E-state index contributed by atoms with van der Waals surface area (Å²) >= 11 is 0. The minimum absolute atomic E-state index is 0.0763. The maximum absolute atomic E-state index is 13.1. The SMILES string of the molecule is C=C/C(C)=N\[C@@H](C)C(C)Nc1ccc(C(=O)Nc2ccc(F)cc2N)cc1. The van der Waals surface area contributed by atoms with Gasteiger partial charge in [-0.05, 0) is 69.3 Å². The van der Waals surface area contributed by atoms with Crippen LogP contribution >= 0.6 is 0 Å². The number of hydrogen-bond acceptors (Lipinski definition) is 4. The van der Waals surface area contributed by atoms with Crippen LogP contribution in [0.5, 0.6) is 0 Å². The molecule has 0 aliphatic heterocycles. The van der Waals surface area contributed by atoms with Crippen molar-refractivity contribution in [2.75, 3.05) is 16.4 Å². The van der Waals surface area contributed by atoms with Gasteiger partial charge in [0.25, 0.3) is 5.91 Å². The van der Waals surface area contributed by atoms with E-state index in [1.165, 1.54) is 18.2 Å². The van der Waals surface area contributed by atoms with Crippen LogP contribution in [0.1, 0.15) is 31.1 Å². The van der Waals surface area contributed by atoms with Crippen molar-refractivity contribution in [1.29, 1.82) is 0 Å². The number of nitrogen functional groups attached to an aromatic ring is 1. The maximum Gasteiger partial charge on any atom is 0.255 e. The molecule has 0 saturated carbocycles. The molecule has 1 unspecified atom stereocenters. The molecule has 0 aliphatic carbocycles. The Balaban J connectivity index is 2.01. The lowest BCUT2D eigenvalue weighted by molar-refractivity contribution is 0.102. The zero-order valence-corrected chi connectivity index (χ0v) is 15.8. The maximum atomic E-state index is 13.1. The van der Waals surface area contributed by atoms with E-state index in [2.05, 4.69) is 22.2 Å². The summed E-state index contributed by atoms with van der Waals surface area (Å²) < 4.78 is 13.1. The molecular weight excluding hydrogens is 343 g/mol. The Morgan fingerprint density at radius 2 is 1.89 bits per heavy atom. The van der Waals surface area contributed by atoms with E-state index >= 15 is 0 Å². The molecule has 142 valence electrons. The first-order valence-electron chi connectivity index (χ1n) is 8.70. The van der Waals surface area contributed by atoms with Crippen LogP contribution in [0.15, 0.2) is 60.1 Å². The molecule has 0 bridgehead atoms. The highest BCUT2D eigenvalue weighted by molar-refractivity contribution is 6.05. The number of anilines is 3. The summed E-state index contributed by atoms with van der Waals surface area (Å²) in [5, 5.41) is 6.05. The van der Waals surface area contributed by atoms with E-state index < -0.39 is 5.82 Å². The van der Waals surface area contributed by atoms with Crippen molar-refractivity contribution in [3.05, 3.63) is 66.5 Å². The molecular formula is C21H25FN4O. The standard InChI is InChI=1S/C21H25FN4O/c1-5-13(2)24-14(3)15(4)25-18-9-6-16(7-10-18)21(27)26-20-11-8-17(22)12-19(20)23/h5-12,14-15,25H,1,23H2,2-4H3,(H,26,27)/b24-13-/t14-,15?/m0/s1. The second-order valence-corrected chi connectivity index (χ2v) is 6.41. The molecule has 6 heteroatoms. The van der Waals surface area contributed by atoms with Gasteiger partial charge in [-0.15, -0.1) is 0 Å². The number of nitrogens with one attached hydrogen (secondary N) is 2. The average Bonchev–Trinajstić information content (AvgIpc) is 2.64. The first-order chi connectivity index (χ1) is 12.8. The predicted octanol–water partition coefficient (Wildman–Crippen LogP) is 4.50. The molecule has 0 aromatic heterocycles. The molecule has 27 heavy (non-hydrogen) atoms. The van der Waals surface area contributed by atoms with Crippen LogP contribution < -0.4 is 16.4 Å². The van der Waals surface area contributed by atoms with Crippen molar-refractivity contribution >= 4 is 28.7 Å². The van der Waals surface area contributed by atoms with E-state index in [4.69, 9.17) is 5.73 Å². The van der Waals surface area contributed by atoms with Crippen LogP contribution in [-0.4, -0.2) is 23.7 Å². The van der Waals surface area contributed by atoms with E-state index in [1.807, 2.05) is 32.9 Å². The van der Waals surface area contributed by atoms with Gasteiger partial charge in [-0.25, -0.2) is 4.39 Å². The molecule has 2 aromatic rings. The highest BCUT2D eigenvalue weighted by atomic mass is 19.1. The summed E-state index contributed by atoms with van der Waals surface area (Å²) in [6.45, 7) is 9.69. The van der Waals surface area contributed by atoms with E-state index in [9.17, 15) is 9.18 Å². The number of nitrogens with zero attached hydrogens (tertiary/aromatic N) is 1. The lowest BCUT2D eigenvalue weighted by Crippen LogP contribution is -2.27. The Labute approximate surface area is 159 Å². The second-order valence-electron chi connectivity index (χ2n) is 6.41. The van der Waals surface area contributed by atoms with Crippen molar-refractivity contribution in [3.63, 3.8) is 0 Å². The number of carbonyl (C=O) groups is 1. The Hall–Kier alpha value is -3.15. The van der Waals surface area contributed by atoms with Crippen molar-refractivity contribution in [1.82, 2.24) is 0 Å². The molecule has 0 heterocycles. The third kappa shape index (κ3) is 5.67. The van der Waals surface area contributed by atoms with Gasteiger partial charge in [0.05, 0.1) is 17.4 Å². The topological polar surface area (TPSA) is 79.5 Å². The molecule has 2 aromatic carbocycles. The van der Waals surface area contributed by atoms with Crippen LogP contribution in [0.25, 0.3) is 0 Å². The minimum atomic E-state index is -0.447. The van der Waals surface area contributed by atoms with Crippen molar-refractivity contribution in [2.45, 2.75) is 32.9 Å². The minimum Gasteiger partial charge on any atom is -0.397 e. The zero-order chi connectivity index (χ0) is 20.0. The fraction of sp³-hybridized carbons (Fsp3) is 0.238. The molecule has 2 rings (SSSR count). The molecule has 5 nitrogen and oxygen atoms in total. The average molecular weight is 368 g/mol. The number of hydrogen-bond donors (Lipinski definition) is 3. The van der Waals surface area contributed by atoms with Crippen molar-refractivity contribution < 1.29 is 9.18 Å². The Morgan fingerprint density at radius 1 is 1.22 bits per heavy atom. The molecule has 0 fully saturated rings. The lowest BCUT2D eigenvalue weighted by Gasteiger charge is -2.20. The summed E-state index contributed by atoms with van der Waals surface area (Å²) in [6.07, 6.45) is 1.73. The van der Waals surface area contributed by atoms with Gasteiger partial charge in [0.1, 0.15) is 5.82 Å². The van der Waals surface area contributed by atoms with Gasteiger partial charge >= 0.3 is 0 Å². The Kier molecular flexibility index (Phi) is 6.71. The predicted molar refractivity (Wildman–Crippen MR) is 111 cm³/mol. The number of carbonyl (C=O) groups excluding carboxylic acids is 1. The van der Waals surface area contributed by atoms with Crippen molar-refractivity contribution in [3.8, 4) is 0 Å². The first kappa shape index (κ1) is 20.2. The Bertz CT molecular complexity index is 846. The summed E-state index contributed by atoms with van der Waals surface area (Å²) in [5.74, 6) is -0.760. The van der Waals surface area contributed by atoms with Gasteiger partial charge in [0.15, 0.2) is 0 Å². The summed E-state index contributed by atoms with van der Waals surface area (Å²) in [4.78, 5) is 16.9. The molecule has 0 saturated heterocycles. The Morgan fingerprint density at radius 3 is 2.48 bits per heavy atom. The van der Waals surface area contributed by atoms with Crippen LogP contribution in [0, 0.1) is 5.82 Å². The largest absolute Gasteiger partial charge is 0.397 e. The molecule has 4 N–H and O–H groups in total. The molecule has 1 amide bonds. The van der Waals surface area contributed by atoms with Gasteiger partial charge in [0.2, 0.25) is 0 Å². The lowest BCUT2D eigenvalue weighted by atomic mass is 10.1. The molecule has 0 radical (unpaired) electrons. The fourth-order valence-corrected chi connectivity index (χ4v) is 2.43. The fourth-order valence-electron chi connectivity index (χ4n) is 2.43. The number of halogens is 1. The highest BCUT2D eigenvalue weighted by Crippen LogP contribution is 2.20. The van der Waals surface area contributed by atoms with E-state index in [1.54, 1.807) is 18.2 Å². The van der Waals surface area contributed by atoms with Gasteiger partial charge < -0.3 is 16.4 Å². The molecule has 0 aliphatic rings. The smallest absolute Gasteiger partial charge is 0.255 e. The number of allylic oxidation sites excluding steroid dienone is 1. The van der Waals surface area contributed by atoms with Crippen LogP contribution in [-0.2, 0) is 0 Å². The summed E-state index contributed by atoms with van der Waals surface area (Å²) in [5.41, 5.74) is 8.53. The quantitative estimate of drug-likeness (QED) is 0.497. The number of rotatable bonds is 7. The van der Waals surface area contributed by atoms with E-state index in [0.29, 0.717) is 11.3 Å². The normalized spacial score (nSPS) is 13.6. The van der Waals surface area contributed by atoms with Gasteiger partial charge in [-0.3, -0.25) is 9.79 Å². The summed E-state index contributed by atoms with van der Waals surface area (Å²) in [6, 6.07) is 11.1. The van der Waals surface area contributed by atoms with Gasteiger partial charge in [-0.1, -0.05) is 6.58 Å². The van der Waals surface area contributed by atoms with Crippen LogP contribution in [0.2, 0.25) is 0 Å². The number of amides is 1. The number of nitrogens with two attached hydrogens (primary N) is 1. The van der Waals surface area contributed by atoms with Crippen LogP contribution in [0.4, 0.5) is 21.5 Å². The highest BCUT2D eigenvalue weighted by Gasteiger charge is 2.12. The first-order valence-corrected chi connectivity index (χ1v) is 8.70. The molecule has 2 atom stereocenters.